The molecule has 0 spiro atoms. The van der Waals surface area contributed by atoms with Gasteiger partial charge in [0.2, 0.25) is 0 Å². The topological polar surface area (TPSA) is 59.8 Å². The SMILES string of the molecule is CC(NC(=O)c1ccncc1)c1nc2ccccc2n1Cc1c(Cl)cccc1Cl. The van der Waals surface area contributed by atoms with E-state index in [1.165, 1.54) is 0 Å². The first-order valence-electron chi connectivity index (χ1n) is 9.13. The molecule has 0 fully saturated rings. The van der Waals surface area contributed by atoms with E-state index < -0.39 is 0 Å². The molecular formula is C22H18Cl2N4O. The molecule has 2 aromatic heterocycles. The molecule has 1 amide bonds. The summed E-state index contributed by atoms with van der Waals surface area (Å²) in [5.74, 6) is 0.541. The third-order valence-corrected chi connectivity index (χ3v) is 5.45. The van der Waals surface area contributed by atoms with Crippen molar-refractivity contribution >= 4 is 40.1 Å². The van der Waals surface area contributed by atoms with Crippen molar-refractivity contribution in [2.24, 2.45) is 0 Å². The lowest BCUT2D eigenvalue weighted by Crippen LogP contribution is -2.28. The summed E-state index contributed by atoms with van der Waals surface area (Å²) in [4.78, 5) is 21.3. The van der Waals surface area contributed by atoms with Crippen LogP contribution in [0, 0.1) is 0 Å². The maximum absolute atomic E-state index is 12.6. The number of carbonyl (C=O) groups excluding carboxylic acids is 1. The van der Waals surface area contributed by atoms with Crippen LogP contribution >= 0.6 is 23.2 Å². The molecule has 4 aromatic rings. The van der Waals surface area contributed by atoms with Gasteiger partial charge in [-0.05, 0) is 43.3 Å². The second-order valence-corrected chi connectivity index (χ2v) is 7.49. The average Bonchev–Trinajstić information content (AvgIpc) is 3.10. The van der Waals surface area contributed by atoms with Crippen LogP contribution in [0.15, 0.2) is 67.0 Å². The molecule has 146 valence electrons. The molecule has 0 bridgehead atoms. The lowest BCUT2D eigenvalue weighted by molar-refractivity contribution is 0.0937. The minimum Gasteiger partial charge on any atom is -0.342 e. The Kier molecular flexibility index (Phi) is 5.51. The van der Waals surface area contributed by atoms with Crippen molar-refractivity contribution < 1.29 is 4.79 Å². The minimum atomic E-state index is -0.329. The maximum atomic E-state index is 12.6. The number of benzene rings is 2. The summed E-state index contributed by atoms with van der Waals surface area (Å²) in [5, 5.41) is 4.20. The molecule has 7 heteroatoms. The monoisotopic (exact) mass is 424 g/mol. The molecular weight excluding hydrogens is 407 g/mol. The molecule has 1 atom stereocenters. The van der Waals surface area contributed by atoms with Gasteiger partial charge in [0.25, 0.3) is 5.91 Å². The second-order valence-electron chi connectivity index (χ2n) is 6.68. The van der Waals surface area contributed by atoms with E-state index in [1.807, 2.05) is 54.0 Å². The van der Waals surface area contributed by atoms with Gasteiger partial charge in [-0.3, -0.25) is 9.78 Å². The van der Waals surface area contributed by atoms with Gasteiger partial charge in [0, 0.05) is 33.6 Å². The highest BCUT2D eigenvalue weighted by Gasteiger charge is 2.20. The van der Waals surface area contributed by atoms with Gasteiger partial charge in [-0.2, -0.15) is 0 Å². The van der Waals surface area contributed by atoms with Gasteiger partial charge in [-0.25, -0.2) is 4.98 Å². The van der Waals surface area contributed by atoms with Crippen molar-refractivity contribution in [3.05, 3.63) is 94.0 Å². The van der Waals surface area contributed by atoms with Gasteiger partial charge in [-0.1, -0.05) is 41.4 Å². The standard InChI is InChI=1S/C22H18Cl2N4O/c1-14(26-22(29)15-9-11-25-12-10-15)21-27-19-7-2-3-8-20(19)28(21)13-16-17(23)5-4-6-18(16)24/h2-12,14H,13H2,1H3,(H,26,29). The summed E-state index contributed by atoms with van der Waals surface area (Å²) < 4.78 is 2.04. The second kappa shape index (κ2) is 8.23. The van der Waals surface area contributed by atoms with Gasteiger partial charge in [0.15, 0.2) is 0 Å². The molecule has 0 aliphatic carbocycles. The lowest BCUT2D eigenvalue weighted by atomic mass is 10.2. The number of amides is 1. The van der Waals surface area contributed by atoms with Crippen molar-refractivity contribution in [2.45, 2.75) is 19.5 Å². The van der Waals surface area contributed by atoms with Crippen LogP contribution in [0.3, 0.4) is 0 Å². The van der Waals surface area contributed by atoms with E-state index >= 15 is 0 Å². The van der Waals surface area contributed by atoms with Crippen LogP contribution in [-0.4, -0.2) is 20.4 Å². The molecule has 4 rings (SSSR count). The predicted octanol–water partition coefficient (Wildman–Crippen LogP) is 5.28. The third kappa shape index (κ3) is 3.97. The zero-order chi connectivity index (χ0) is 20.4. The maximum Gasteiger partial charge on any atom is 0.251 e. The van der Waals surface area contributed by atoms with Gasteiger partial charge in [-0.15, -0.1) is 0 Å². The van der Waals surface area contributed by atoms with Crippen molar-refractivity contribution in [3.63, 3.8) is 0 Å². The zero-order valence-corrected chi connectivity index (χ0v) is 17.2. The van der Waals surface area contributed by atoms with Crippen LogP contribution in [-0.2, 0) is 6.54 Å². The molecule has 29 heavy (non-hydrogen) atoms. The van der Waals surface area contributed by atoms with Crippen molar-refractivity contribution in [3.8, 4) is 0 Å². The number of rotatable bonds is 5. The fourth-order valence-corrected chi connectivity index (χ4v) is 3.80. The number of imidazole rings is 1. The van der Waals surface area contributed by atoms with E-state index in [0.29, 0.717) is 22.2 Å². The Morgan fingerprint density at radius 1 is 1.03 bits per heavy atom. The fraction of sp³-hybridized carbons (Fsp3) is 0.136. The van der Waals surface area contributed by atoms with Gasteiger partial charge < -0.3 is 9.88 Å². The number of fused-ring (bicyclic) bond motifs is 1. The molecule has 0 aliphatic rings. The molecule has 0 aliphatic heterocycles. The molecule has 1 unspecified atom stereocenters. The molecule has 1 N–H and O–H groups in total. The number of hydrogen-bond donors (Lipinski definition) is 1. The quantitative estimate of drug-likeness (QED) is 0.474. The number of halogens is 2. The fourth-order valence-electron chi connectivity index (χ4n) is 3.28. The highest BCUT2D eigenvalue weighted by molar-refractivity contribution is 6.36. The van der Waals surface area contributed by atoms with Crippen molar-refractivity contribution in [1.82, 2.24) is 19.9 Å². The Labute approximate surface area is 178 Å². The summed E-state index contributed by atoms with van der Waals surface area (Å²) in [6, 6.07) is 16.3. The van der Waals surface area contributed by atoms with Crippen LogP contribution < -0.4 is 5.32 Å². The highest BCUT2D eigenvalue weighted by atomic mass is 35.5. The van der Waals surface area contributed by atoms with Crippen LogP contribution in [0.5, 0.6) is 0 Å². The van der Waals surface area contributed by atoms with E-state index in [2.05, 4.69) is 10.3 Å². The Bertz CT molecular complexity index is 1150. The Morgan fingerprint density at radius 3 is 2.45 bits per heavy atom. The summed E-state index contributed by atoms with van der Waals surface area (Å²) in [5.41, 5.74) is 3.15. The number of hydrogen-bond acceptors (Lipinski definition) is 3. The van der Waals surface area contributed by atoms with Gasteiger partial charge >= 0.3 is 0 Å². The third-order valence-electron chi connectivity index (χ3n) is 4.74. The number of carbonyl (C=O) groups is 1. The van der Waals surface area contributed by atoms with E-state index in [9.17, 15) is 4.79 Å². The summed E-state index contributed by atoms with van der Waals surface area (Å²) in [6.07, 6.45) is 3.18. The number of para-hydroxylation sites is 2. The zero-order valence-electron chi connectivity index (χ0n) is 15.6. The van der Waals surface area contributed by atoms with Crippen molar-refractivity contribution in [2.75, 3.05) is 0 Å². The highest BCUT2D eigenvalue weighted by Crippen LogP contribution is 2.29. The van der Waals surface area contributed by atoms with Gasteiger partial charge in [0.05, 0.1) is 23.6 Å². The smallest absolute Gasteiger partial charge is 0.251 e. The Morgan fingerprint density at radius 2 is 1.72 bits per heavy atom. The molecule has 0 radical (unpaired) electrons. The lowest BCUT2D eigenvalue weighted by Gasteiger charge is -2.17. The normalized spacial score (nSPS) is 12.1. The van der Waals surface area contributed by atoms with E-state index in [1.54, 1.807) is 24.5 Å². The van der Waals surface area contributed by atoms with E-state index in [-0.39, 0.29) is 11.9 Å². The molecule has 0 saturated heterocycles. The summed E-state index contributed by atoms with van der Waals surface area (Å²) in [6.45, 7) is 2.36. The summed E-state index contributed by atoms with van der Waals surface area (Å²) >= 11 is 12.8. The summed E-state index contributed by atoms with van der Waals surface area (Å²) in [7, 11) is 0. The van der Waals surface area contributed by atoms with Crippen molar-refractivity contribution in [1.29, 1.82) is 0 Å². The van der Waals surface area contributed by atoms with E-state index in [0.717, 1.165) is 22.4 Å². The first-order valence-corrected chi connectivity index (χ1v) is 9.89. The molecule has 0 saturated carbocycles. The number of aromatic nitrogens is 3. The molecule has 2 heterocycles. The first-order chi connectivity index (χ1) is 14.0. The number of pyridine rings is 1. The Balaban J connectivity index is 1.72. The van der Waals surface area contributed by atoms with Crippen LogP contribution in [0.25, 0.3) is 11.0 Å². The molecule has 2 aromatic carbocycles. The van der Waals surface area contributed by atoms with Crippen LogP contribution in [0.4, 0.5) is 0 Å². The first kappa shape index (κ1) is 19.4. The molecule has 5 nitrogen and oxygen atoms in total. The number of nitrogens with one attached hydrogen (secondary N) is 1. The van der Waals surface area contributed by atoms with Crippen LogP contribution in [0.2, 0.25) is 10.0 Å². The largest absolute Gasteiger partial charge is 0.342 e. The average molecular weight is 425 g/mol. The number of nitrogens with zero attached hydrogens (tertiary/aromatic N) is 3. The Hall–Kier alpha value is -2.89. The predicted molar refractivity (Wildman–Crippen MR) is 115 cm³/mol. The van der Waals surface area contributed by atoms with Gasteiger partial charge in [0.1, 0.15) is 5.82 Å². The van der Waals surface area contributed by atoms with Crippen LogP contribution in [0.1, 0.15) is 34.7 Å². The van der Waals surface area contributed by atoms with E-state index in [4.69, 9.17) is 28.2 Å². The minimum absolute atomic E-state index is 0.186.